The van der Waals surface area contributed by atoms with E-state index in [1.165, 1.54) is 17.2 Å². The first kappa shape index (κ1) is 15.7. The minimum atomic E-state index is -0.203. The van der Waals surface area contributed by atoms with Gasteiger partial charge in [-0.1, -0.05) is 30.8 Å². The Balaban J connectivity index is 1.64. The van der Waals surface area contributed by atoms with Crippen molar-refractivity contribution in [2.75, 3.05) is 0 Å². The van der Waals surface area contributed by atoms with E-state index in [1.807, 2.05) is 6.07 Å². The smallest absolute Gasteiger partial charge is 0.220 e. The fourth-order valence-corrected chi connectivity index (χ4v) is 4.98. The molecule has 1 heterocycles. The molecule has 0 spiro atoms. The van der Waals surface area contributed by atoms with Crippen molar-refractivity contribution in [1.29, 1.82) is 0 Å². The van der Waals surface area contributed by atoms with Crippen LogP contribution in [0.4, 0.5) is 4.39 Å². The van der Waals surface area contributed by atoms with E-state index in [1.54, 1.807) is 23.9 Å². The molecule has 0 unspecified atom stereocenters. The van der Waals surface area contributed by atoms with Gasteiger partial charge in [-0.05, 0) is 60.7 Å². The molecule has 1 amide bonds. The van der Waals surface area contributed by atoms with E-state index in [0.29, 0.717) is 6.42 Å². The zero-order chi connectivity index (χ0) is 16.7. The number of rotatable bonds is 2. The van der Waals surface area contributed by atoms with E-state index in [9.17, 15) is 9.18 Å². The number of fused-ring (bicyclic) bond motifs is 3. The monoisotopic (exact) mass is 341 g/mol. The Labute approximate surface area is 145 Å². The van der Waals surface area contributed by atoms with Crippen molar-refractivity contribution in [3.8, 4) is 0 Å². The zero-order valence-electron chi connectivity index (χ0n) is 13.6. The summed E-state index contributed by atoms with van der Waals surface area (Å²) in [6, 6.07) is 13.5. The average Bonchev–Trinajstić information content (AvgIpc) is 2.55. The van der Waals surface area contributed by atoms with Gasteiger partial charge in [0.15, 0.2) is 0 Å². The Hall–Kier alpha value is -1.81. The quantitative estimate of drug-likeness (QED) is 0.874. The summed E-state index contributed by atoms with van der Waals surface area (Å²) < 4.78 is 13.4. The molecule has 1 aliphatic carbocycles. The van der Waals surface area contributed by atoms with Gasteiger partial charge in [-0.25, -0.2) is 4.39 Å². The molecule has 0 radical (unpaired) electrons. The van der Waals surface area contributed by atoms with Crippen LogP contribution in [0.1, 0.15) is 37.3 Å². The van der Waals surface area contributed by atoms with Crippen LogP contribution in [-0.2, 0) is 16.6 Å². The molecule has 1 saturated heterocycles. The summed E-state index contributed by atoms with van der Waals surface area (Å²) in [5.74, 6) is -0.0227. The second-order valence-electron chi connectivity index (χ2n) is 6.95. The highest BCUT2D eigenvalue weighted by molar-refractivity contribution is 7.99. The maximum absolute atomic E-state index is 13.4. The fourth-order valence-electron chi connectivity index (χ4n) is 4.05. The van der Waals surface area contributed by atoms with Gasteiger partial charge in [-0.15, -0.1) is 0 Å². The molecule has 2 aromatic rings. The maximum atomic E-state index is 13.4. The first-order valence-corrected chi connectivity index (χ1v) is 9.22. The Morgan fingerprint density at radius 1 is 1.17 bits per heavy atom. The van der Waals surface area contributed by atoms with E-state index >= 15 is 0 Å². The molecule has 0 saturated carbocycles. The minimum Gasteiger partial charge on any atom is -0.352 e. The van der Waals surface area contributed by atoms with Crippen LogP contribution < -0.4 is 5.32 Å². The van der Waals surface area contributed by atoms with Crippen LogP contribution in [0, 0.1) is 5.82 Å². The molecule has 2 atom stereocenters. The van der Waals surface area contributed by atoms with Gasteiger partial charge >= 0.3 is 0 Å². The second-order valence-corrected chi connectivity index (χ2v) is 8.10. The Morgan fingerprint density at radius 2 is 2.00 bits per heavy atom. The first-order valence-electron chi connectivity index (χ1n) is 8.41. The lowest BCUT2D eigenvalue weighted by molar-refractivity contribution is -0.125. The van der Waals surface area contributed by atoms with E-state index in [0.717, 1.165) is 29.1 Å². The van der Waals surface area contributed by atoms with Gasteiger partial charge < -0.3 is 5.32 Å². The van der Waals surface area contributed by atoms with Crippen LogP contribution in [0.3, 0.4) is 0 Å². The van der Waals surface area contributed by atoms with Gasteiger partial charge in [-0.3, -0.25) is 4.79 Å². The number of aryl methyl sites for hydroxylation is 1. The van der Waals surface area contributed by atoms with Crippen molar-refractivity contribution < 1.29 is 9.18 Å². The number of amides is 1. The molecule has 24 heavy (non-hydrogen) atoms. The van der Waals surface area contributed by atoms with Gasteiger partial charge in [0.2, 0.25) is 5.91 Å². The van der Waals surface area contributed by atoms with Gasteiger partial charge in [0, 0.05) is 27.7 Å². The second kappa shape index (κ2) is 5.92. The number of carbonyl (C=O) groups excluding carboxylic acids is 1. The van der Waals surface area contributed by atoms with Crippen LogP contribution in [0.2, 0.25) is 0 Å². The molecule has 0 bridgehead atoms. The van der Waals surface area contributed by atoms with Crippen LogP contribution in [0.5, 0.6) is 0 Å². The normalized spacial score (nSPS) is 25.6. The summed E-state index contributed by atoms with van der Waals surface area (Å²) in [4.78, 5) is 13.8. The van der Waals surface area contributed by atoms with E-state index < -0.39 is 0 Å². The standard InChI is InChI=1S/C20H20FNOS/c1-20-10-9-19(23)22-18(20)8-5-13-11-16(6-7-17(13)20)24-15-4-2-3-14(21)12-15/h2-4,6-7,11-12,18H,5,8-10H2,1H3,(H,22,23)/t18-,20-/m1/s1. The lowest BCUT2D eigenvalue weighted by atomic mass is 9.64. The number of piperidine rings is 1. The summed E-state index contributed by atoms with van der Waals surface area (Å²) in [6.45, 7) is 2.27. The number of benzene rings is 2. The number of hydrogen-bond donors (Lipinski definition) is 1. The zero-order valence-corrected chi connectivity index (χ0v) is 14.5. The molecule has 1 aliphatic heterocycles. The number of carbonyl (C=O) groups is 1. The predicted octanol–water partition coefficient (Wildman–Crippen LogP) is 4.46. The van der Waals surface area contributed by atoms with Crippen molar-refractivity contribution in [3.05, 3.63) is 59.4 Å². The third kappa shape index (κ3) is 2.73. The fraction of sp³-hybridized carbons (Fsp3) is 0.350. The lowest BCUT2D eigenvalue weighted by Gasteiger charge is -2.46. The van der Waals surface area contributed by atoms with Gasteiger partial charge in [0.1, 0.15) is 5.82 Å². The maximum Gasteiger partial charge on any atom is 0.220 e. The van der Waals surface area contributed by atoms with Crippen molar-refractivity contribution in [2.24, 2.45) is 0 Å². The van der Waals surface area contributed by atoms with Crippen LogP contribution >= 0.6 is 11.8 Å². The summed E-state index contributed by atoms with van der Waals surface area (Å²) in [6.07, 6.45) is 3.48. The summed E-state index contributed by atoms with van der Waals surface area (Å²) >= 11 is 1.59. The number of halogens is 1. The predicted molar refractivity (Wildman–Crippen MR) is 93.8 cm³/mol. The van der Waals surface area contributed by atoms with Crippen molar-refractivity contribution in [3.63, 3.8) is 0 Å². The van der Waals surface area contributed by atoms with Crippen molar-refractivity contribution >= 4 is 17.7 Å². The molecule has 2 aliphatic rings. The van der Waals surface area contributed by atoms with Crippen LogP contribution in [0.15, 0.2) is 52.3 Å². The molecule has 1 N–H and O–H groups in total. The molecular formula is C20H20FNOS. The van der Waals surface area contributed by atoms with Crippen molar-refractivity contribution in [2.45, 2.75) is 53.9 Å². The molecule has 2 aromatic carbocycles. The molecule has 124 valence electrons. The van der Waals surface area contributed by atoms with Crippen LogP contribution in [0.25, 0.3) is 0 Å². The SMILES string of the molecule is C[C@]12CCC(=O)N[C@@H]1CCc1cc(Sc3cccc(F)c3)ccc12. The Morgan fingerprint density at radius 3 is 2.83 bits per heavy atom. The first-order chi connectivity index (χ1) is 11.5. The van der Waals surface area contributed by atoms with Gasteiger partial charge in [0.05, 0.1) is 0 Å². The van der Waals surface area contributed by atoms with E-state index in [-0.39, 0.29) is 23.2 Å². The third-order valence-corrected chi connectivity index (χ3v) is 6.38. The molecule has 1 fully saturated rings. The molecule has 0 aromatic heterocycles. The van der Waals surface area contributed by atoms with Crippen LogP contribution in [-0.4, -0.2) is 11.9 Å². The molecule has 4 rings (SSSR count). The topological polar surface area (TPSA) is 29.1 Å². The van der Waals surface area contributed by atoms with Gasteiger partial charge in [-0.2, -0.15) is 0 Å². The molecule has 2 nitrogen and oxygen atoms in total. The highest BCUT2D eigenvalue weighted by Gasteiger charge is 2.43. The largest absolute Gasteiger partial charge is 0.352 e. The molecular weight excluding hydrogens is 321 g/mol. The lowest BCUT2D eigenvalue weighted by Crippen LogP contribution is -2.55. The van der Waals surface area contributed by atoms with E-state index in [2.05, 4.69) is 30.4 Å². The Kier molecular flexibility index (Phi) is 3.87. The van der Waals surface area contributed by atoms with Gasteiger partial charge in [0.25, 0.3) is 0 Å². The minimum absolute atomic E-state index is 0.0313. The summed E-state index contributed by atoms with van der Waals surface area (Å²) in [5.41, 5.74) is 2.76. The Bertz CT molecular complexity index is 806. The highest BCUT2D eigenvalue weighted by Crippen LogP contribution is 2.44. The molecule has 4 heteroatoms. The van der Waals surface area contributed by atoms with E-state index in [4.69, 9.17) is 0 Å². The summed E-state index contributed by atoms with van der Waals surface area (Å²) in [5, 5.41) is 3.17. The number of hydrogen-bond acceptors (Lipinski definition) is 2. The highest BCUT2D eigenvalue weighted by atomic mass is 32.2. The third-order valence-electron chi connectivity index (χ3n) is 5.40. The summed E-state index contributed by atoms with van der Waals surface area (Å²) in [7, 11) is 0. The average molecular weight is 341 g/mol. The van der Waals surface area contributed by atoms with Crippen molar-refractivity contribution in [1.82, 2.24) is 5.32 Å². The number of nitrogens with one attached hydrogen (secondary N) is 1.